The predicted octanol–water partition coefficient (Wildman–Crippen LogP) is 6.54. The normalized spacial score (nSPS) is 15.7. The molecule has 8 heteroatoms. The van der Waals surface area contributed by atoms with Gasteiger partial charge in [-0.2, -0.15) is 0 Å². The smallest absolute Gasteiger partial charge is 0.338 e. The standard InChI is InChI=1S/C27H26BrN3O3S/c1-6-34-26(33)19-8-7-9-22(13-19)31-17(4)12-20(18(31)5)14-23-25(32)30-27(35-23)29-21-10-15(2)24(28)16(3)11-21/h7-14H,6H2,1-5H3,(H,29,30,32)/b23-14-. The van der Waals surface area contributed by atoms with Crippen LogP contribution in [0.1, 0.15) is 45.4 Å². The van der Waals surface area contributed by atoms with Crippen LogP contribution in [0.15, 0.2) is 56.8 Å². The van der Waals surface area contributed by atoms with E-state index in [-0.39, 0.29) is 11.9 Å². The molecule has 0 saturated carbocycles. The van der Waals surface area contributed by atoms with Gasteiger partial charge in [-0.15, -0.1) is 0 Å². The highest BCUT2D eigenvalue weighted by Crippen LogP contribution is 2.32. The minimum atomic E-state index is -0.346. The quantitative estimate of drug-likeness (QED) is 0.288. The van der Waals surface area contributed by atoms with Gasteiger partial charge in [0.25, 0.3) is 5.91 Å². The van der Waals surface area contributed by atoms with Gasteiger partial charge < -0.3 is 14.6 Å². The topological polar surface area (TPSA) is 72.7 Å². The van der Waals surface area contributed by atoms with Crippen molar-refractivity contribution < 1.29 is 14.3 Å². The Morgan fingerprint density at radius 3 is 2.54 bits per heavy atom. The number of aliphatic imine (C=N–C) groups is 1. The van der Waals surface area contributed by atoms with Crippen LogP contribution in [-0.2, 0) is 9.53 Å². The molecule has 0 bridgehead atoms. The second kappa shape index (κ2) is 10.3. The van der Waals surface area contributed by atoms with E-state index in [9.17, 15) is 9.59 Å². The summed E-state index contributed by atoms with van der Waals surface area (Å²) in [6, 6.07) is 13.3. The van der Waals surface area contributed by atoms with Crippen molar-refractivity contribution in [2.45, 2.75) is 34.6 Å². The largest absolute Gasteiger partial charge is 0.462 e. The monoisotopic (exact) mass is 551 g/mol. The molecule has 0 atom stereocenters. The molecule has 0 aliphatic carbocycles. The second-order valence-electron chi connectivity index (χ2n) is 8.31. The van der Waals surface area contributed by atoms with Gasteiger partial charge in [-0.05, 0) is 106 Å². The van der Waals surface area contributed by atoms with Crippen LogP contribution in [0.5, 0.6) is 0 Å². The van der Waals surface area contributed by atoms with E-state index < -0.39 is 0 Å². The van der Waals surface area contributed by atoms with Crippen LogP contribution in [0.3, 0.4) is 0 Å². The number of amides is 1. The van der Waals surface area contributed by atoms with E-state index in [0.29, 0.717) is 22.2 Å². The summed E-state index contributed by atoms with van der Waals surface area (Å²) in [5, 5.41) is 3.42. The number of carbonyl (C=O) groups is 2. The molecule has 1 aliphatic heterocycles. The van der Waals surface area contributed by atoms with Gasteiger partial charge in [0.1, 0.15) is 0 Å². The van der Waals surface area contributed by atoms with Gasteiger partial charge in [0.2, 0.25) is 0 Å². The third kappa shape index (κ3) is 5.28. The number of halogens is 1. The molecule has 1 saturated heterocycles. The number of thioether (sulfide) groups is 1. The van der Waals surface area contributed by atoms with Crippen LogP contribution in [-0.4, -0.2) is 28.2 Å². The lowest BCUT2D eigenvalue weighted by Gasteiger charge is -2.11. The van der Waals surface area contributed by atoms with Crippen molar-refractivity contribution >= 4 is 56.5 Å². The number of nitrogens with one attached hydrogen (secondary N) is 1. The Morgan fingerprint density at radius 2 is 1.86 bits per heavy atom. The molecule has 1 fully saturated rings. The third-order valence-electron chi connectivity index (χ3n) is 5.68. The molecule has 1 N–H and O–H groups in total. The first kappa shape index (κ1) is 25.0. The zero-order chi connectivity index (χ0) is 25.3. The summed E-state index contributed by atoms with van der Waals surface area (Å²) in [7, 11) is 0. The molecule has 0 radical (unpaired) electrons. The summed E-state index contributed by atoms with van der Waals surface area (Å²) in [5.74, 6) is -0.519. The van der Waals surface area contributed by atoms with Crippen molar-refractivity contribution in [3.05, 3.63) is 85.5 Å². The highest BCUT2D eigenvalue weighted by atomic mass is 79.9. The molecule has 1 aliphatic rings. The maximum atomic E-state index is 12.7. The van der Waals surface area contributed by atoms with Crippen molar-refractivity contribution in [2.24, 2.45) is 4.99 Å². The molecule has 1 aromatic heterocycles. The molecule has 35 heavy (non-hydrogen) atoms. The maximum Gasteiger partial charge on any atom is 0.338 e. The molecule has 1 amide bonds. The fourth-order valence-corrected chi connectivity index (χ4v) is 5.11. The molecule has 2 aromatic carbocycles. The first-order chi connectivity index (χ1) is 16.7. The van der Waals surface area contributed by atoms with Crippen LogP contribution in [0, 0.1) is 27.7 Å². The number of carbonyl (C=O) groups excluding carboxylic acids is 2. The Bertz CT molecular complexity index is 1380. The van der Waals surface area contributed by atoms with Crippen molar-refractivity contribution in [1.29, 1.82) is 0 Å². The summed E-state index contributed by atoms with van der Waals surface area (Å²) in [6.45, 7) is 10.1. The molecule has 6 nitrogen and oxygen atoms in total. The SMILES string of the molecule is CCOC(=O)c1cccc(-n2c(C)cc(/C=C3\SC(=Nc4cc(C)c(Br)c(C)c4)NC3=O)c2C)c1. The number of benzene rings is 2. The Balaban J connectivity index is 1.63. The lowest BCUT2D eigenvalue weighted by molar-refractivity contribution is -0.115. The summed E-state index contributed by atoms with van der Waals surface area (Å²) in [5.41, 5.74) is 7.24. The van der Waals surface area contributed by atoms with E-state index in [4.69, 9.17) is 4.74 Å². The number of ether oxygens (including phenoxy) is 1. The summed E-state index contributed by atoms with van der Waals surface area (Å²) in [6.07, 6.45) is 1.88. The lowest BCUT2D eigenvalue weighted by Crippen LogP contribution is -2.19. The maximum absolute atomic E-state index is 12.7. The zero-order valence-corrected chi connectivity index (χ0v) is 22.6. The number of aryl methyl sites for hydroxylation is 3. The Morgan fingerprint density at radius 1 is 1.14 bits per heavy atom. The number of amidine groups is 1. The highest BCUT2D eigenvalue weighted by Gasteiger charge is 2.25. The highest BCUT2D eigenvalue weighted by molar-refractivity contribution is 9.10. The van der Waals surface area contributed by atoms with Crippen LogP contribution in [0.2, 0.25) is 0 Å². The Labute approximate surface area is 217 Å². The summed E-state index contributed by atoms with van der Waals surface area (Å²) < 4.78 is 8.27. The van der Waals surface area contributed by atoms with Gasteiger partial charge >= 0.3 is 5.97 Å². The fraction of sp³-hybridized carbons (Fsp3) is 0.222. The number of esters is 1. The van der Waals surface area contributed by atoms with Gasteiger partial charge in [0, 0.05) is 21.5 Å². The first-order valence-electron chi connectivity index (χ1n) is 11.2. The zero-order valence-electron chi connectivity index (χ0n) is 20.2. The van der Waals surface area contributed by atoms with Crippen molar-refractivity contribution in [3.8, 4) is 5.69 Å². The van der Waals surface area contributed by atoms with Crippen LogP contribution in [0.25, 0.3) is 11.8 Å². The molecule has 4 rings (SSSR count). The van der Waals surface area contributed by atoms with Crippen molar-refractivity contribution in [3.63, 3.8) is 0 Å². The number of nitrogens with zero attached hydrogens (tertiary/aromatic N) is 2. The number of rotatable bonds is 5. The molecule has 0 spiro atoms. The summed E-state index contributed by atoms with van der Waals surface area (Å²) >= 11 is 4.90. The average molecular weight is 552 g/mol. The fourth-order valence-electron chi connectivity index (χ4n) is 4.04. The second-order valence-corrected chi connectivity index (χ2v) is 10.1. The summed E-state index contributed by atoms with van der Waals surface area (Å²) in [4.78, 5) is 30.1. The van der Waals surface area contributed by atoms with Gasteiger partial charge in [0.05, 0.1) is 22.8 Å². The number of aromatic nitrogens is 1. The van der Waals surface area contributed by atoms with Crippen molar-refractivity contribution in [2.75, 3.05) is 6.61 Å². The van der Waals surface area contributed by atoms with Gasteiger partial charge in [-0.25, -0.2) is 9.79 Å². The van der Waals surface area contributed by atoms with Crippen LogP contribution >= 0.6 is 27.7 Å². The molecule has 0 unspecified atom stereocenters. The minimum absolute atomic E-state index is 0.173. The Hall–Kier alpha value is -3.10. The van der Waals surface area contributed by atoms with E-state index in [0.717, 1.165) is 43.9 Å². The average Bonchev–Trinajstić information content (AvgIpc) is 3.29. The predicted molar refractivity (Wildman–Crippen MR) is 146 cm³/mol. The molecule has 2 heterocycles. The van der Waals surface area contributed by atoms with Crippen LogP contribution < -0.4 is 5.32 Å². The molecule has 3 aromatic rings. The first-order valence-corrected chi connectivity index (χ1v) is 12.8. The third-order valence-corrected chi connectivity index (χ3v) is 7.84. The minimum Gasteiger partial charge on any atom is -0.462 e. The van der Waals surface area contributed by atoms with E-state index >= 15 is 0 Å². The van der Waals surface area contributed by atoms with E-state index in [2.05, 4.69) is 30.8 Å². The van der Waals surface area contributed by atoms with E-state index in [1.54, 1.807) is 13.0 Å². The van der Waals surface area contributed by atoms with E-state index in [1.165, 1.54) is 11.8 Å². The number of hydrogen-bond donors (Lipinski definition) is 1. The Kier molecular flexibility index (Phi) is 7.33. The lowest BCUT2D eigenvalue weighted by atomic mass is 10.1. The van der Waals surface area contributed by atoms with E-state index in [1.807, 2.05) is 70.2 Å². The number of hydrogen-bond acceptors (Lipinski definition) is 5. The van der Waals surface area contributed by atoms with Crippen LogP contribution in [0.4, 0.5) is 5.69 Å². The molecular formula is C27H26BrN3O3S. The van der Waals surface area contributed by atoms with Gasteiger partial charge in [-0.1, -0.05) is 22.0 Å². The van der Waals surface area contributed by atoms with Gasteiger partial charge in [-0.3, -0.25) is 4.79 Å². The molecule has 180 valence electrons. The molecular weight excluding hydrogens is 526 g/mol. The van der Waals surface area contributed by atoms with Crippen molar-refractivity contribution in [1.82, 2.24) is 9.88 Å². The van der Waals surface area contributed by atoms with Gasteiger partial charge in [0.15, 0.2) is 5.17 Å².